The molecular weight excluding hydrogens is 230 g/mol. The summed E-state index contributed by atoms with van der Waals surface area (Å²) in [5.41, 5.74) is 0. The van der Waals surface area contributed by atoms with Gasteiger partial charge in [-0.1, -0.05) is 0 Å². The van der Waals surface area contributed by atoms with E-state index in [4.69, 9.17) is 9.84 Å². The third-order valence-corrected chi connectivity index (χ3v) is 3.44. The van der Waals surface area contributed by atoms with E-state index in [1.807, 2.05) is 13.8 Å². The van der Waals surface area contributed by atoms with Crippen molar-refractivity contribution < 1.29 is 18.3 Å². The molecule has 1 unspecified atom stereocenters. The number of nitrogens with one attached hydrogen (secondary N) is 1. The first kappa shape index (κ1) is 15.8. The molecule has 16 heavy (non-hydrogen) atoms. The largest absolute Gasteiger partial charge is 0.396 e. The number of sulfonamides is 1. The zero-order valence-electron chi connectivity index (χ0n) is 10.3. The minimum atomic E-state index is -3.26. The van der Waals surface area contributed by atoms with Crippen molar-refractivity contribution in [2.45, 2.75) is 45.8 Å². The third-order valence-electron chi connectivity index (χ3n) is 1.98. The minimum absolute atomic E-state index is 0.0192. The average Bonchev–Trinajstić information content (AvgIpc) is 2.12. The van der Waals surface area contributed by atoms with Crippen molar-refractivity contribution in [2.24, 2.45) is 0 Å². The zero-order chi connectivity index (χ0) is 12.6. The lowest BCUT2D eigenvalue weighted by atomic mass is 10.2. The predicted molar refractivity (Wildman–Crippen MR) is 63.8 cm³/mol. The van der Waals surface area contributed by atoms with Crippen LogP contribution in [0.5, 0.6) is 0 Å². The predicted octanol–water partition coefficient (Wildman–Crippen LogP) is 0.492. The van der Waals surface area contributed by atoms with E-state index in [0.717, 1.165) is 0 Å². The molecule has 0 rings (SSSR count). The van der Waals surface area contributed by atoms with Crippen molar-refractivity contribution >= 4 is 10.0 Å². The molecule has 0 saturated carbocycles. The highest BCUT2D eigenvalue weighted by Gasteiger charge is 2.14. The number of hydrogen-bond donors (Lipinski definition) is 2. The van der Waals surface area contributed by atoms with E-state index in [1.165, 1.54) is 0 Å². The van der Waals surface area contributed by atoms with E-state index < -0.39 is 10.0 Å². The highest BCUT2D eigenvalue weighted by molar-refractivity contribution is 7.89. The van der Waals surface area contributed by atoms with Gasteiger partial charge in [-0.25, -0.2) is 13.1 Å². The van der Waals surface area contributed by atoms with Crippen LogP contribution in [0, 0.1) is 0 Å². The Morgan fingerprint density at radius 3 is 2.44 bits per heavy atom. The van der Waals surface area contributed by atoms with E-state index in [-0.39, 0.29) is 31.1 Å². The van der Waals surface area contributed by atoms with Crippen molar-refractivity contribution in [3.05, 3.63) is 0 Å². The van der Waals surface area contributed by atoms with Crippen LogP contribution in [-0.4, -0.2) is 44.6 Å². The van der Waals surface area contributed by atoms with Crippen LogP contribution in [0.4, 0.5) is 0 Å². The van der Waals surface area contributed by atoms with Crippen molar-refractivity contribution in [3.8, 4) is 0 Å². The van der Waals surface area contributed by atoms with Gasteiger partial charge in [0.25, 0.3) is 0 Å². The van der Waals surface area contributed by atoms with Crippen LogP contribution in [0.3, 0.4) is 0 Å². The Hall–Kier alpha value is -0.170. The van der Waals surface area contributed by atoms with Crippen molar-refractivity contribution in [1.82, 2.24) is 4.72 Å². The average molecular weight is 253 g/mol. The van der Waals surface area contributed by atoms with Gasteiger partial charge in [0, 0.05) is 12.6 Å². The van der Waals surface area contributed by atoms with Crippen LogP contribution in [0.15, 0.2) is 0 Å². The van der Waals surface area contributed by atoms with Crippen molar-refractivity contribution in [1.29, 1.82) is 0 Å². The normalized spacial score (nSPS) is 14.3. The smallest absolute Gasteiger partial charge is 0.214 e. The first-order chi connectivity index (χ1) is 7.37. The number of hydrogen-bond acceptors (Lipinski definition) is 4. The topological polar surface area (TPSA) is 75.6 Å². The van der Waals surface area contributed by atoms with Crippen molar-refractivity contribution in [2.75, 3.05) is 19.0 Å². The Morgan fingerprint density at radius 1 is 1.31 bits per heavy atom. The summed E-state index contributed by atoms with van der Waals surface area (Å²) in [4.78, 5) is 0. The third kappa shape index (κ3) is 9.08. The fraction of sp³-hybridized carbons (Fsp3) is 1.00. The summed E-state index contributed by atoms with van der Waals surface area (Å²) in [6.45, 7) is 5.81. The van der Waals surface area contributed by atoms with Gasteiger partial charge in [-0.2, -0.15) is 0 Å². The number of ether oxygens (including phenoxy) is 1. The molecule has 0 aromatic heterocycles. The molecule has 6 heteroatoms. The Labute approximate surface area is 98.2 Å². The van der Waals surface area contributed by atoms with Crippen LogP contribution >= 0.6 is 0 Å². The summed E-state index contributed by atoms with van der Waals surface area (Å²) in [6.07, 6.45) is 1.29. The van der Waals surface area contributed by atoms with Crippen molar-refractivity contribution in [3.63, 3.8) is 0 Å². The quantitative estimate of drug-likeness (QED) is 0.627. The van der Waals surface area contributed by atoms with E-state index in [0.29, 0.717) is 12.8 Å². The molecule has 5 nitrogen and oxygen atoms in total. The van der Waals surface area contributed by atoms with Gasteiger partial charge in [-0.05, 0) is 33.6 Å². The zero-order valence-corrected chi connectivity index (χ0v) is 11.1. The monoisotopic (exact) mass is 253 g/mol. The van der Waals surface area contributed by atoms with Crippen LogP contribution in [-0.2, 0) is 14.8 Å². The number of aliphatic hydroxyl groups excluding tert-OH is 1. The van der Waals surface area contributed by atoms with Gasteiger partial charge in [0.2, 0.25) is 10.0 Å². The second-order valence-corrected chi connectivity index (χ2v) is 6.00. The van der Waals surface area contributed by atoms with Crippen LogP contribution < -0.4 is 4.72 Å². The maximum absolute atomic E-state index is 11.5. The molecular formula is C10H23NO4S. The van der Waals surface area contributed by atoms with E-state index in [1.54, 1.807) is 6.92 Å². The summed E-state index contributed by atoms with van der Waals surface area (Å²) in [5.74, 6) is -0.0192. The lowest BCUT2D eigenvalue weighted by molar-refractivity contribution is 0.0911. The molecule has 0 bridgehead atoms. The Balaban J connectivity index is 3.85. The van der Waals surface area contributed by atoms with Gasteiger partial charge in [-0.15, -0.1) is 0 Å². The summed E-state index contributed by atoms with van der Waals surface area (Å²) in [7, 11) is -3.26. The lowest BCUT2D eigenvalue weighted by Gasteiger charge is -2.14. The molecule has 0 aliphatic carbocycles. The Kier molecular flexibility index (Phi) is 7.91. The van der Waals surface area contributed by atoms with Gasteiger partial charge in [-0.3, -0.25) is 0 Å². The molecule has 0 aromatic rings. The van der Waals surface area contributed by atoms with Crippen LogP contribution in [0.2, 0.25) is 0 Å². The highest BCUT2D eigenvalue weighted by atomic mass is 32.2. The fourth-order valence-electron chi connectivity index (χ4n) is 1.22. The molecule has 0 radical (unpaired) electrons. The van der Waals surface area contributed by atoms with E-state index >= 15 is 0 Å². The highest BCUT2D eigenvalue weighted by Crippen LogP contribution is 1.99. The summed E-state index contributed by atoms with van der Waals surface area (Å²) < 4.78 is 30.8. The van der Waals surface area contributed by atoms with Gasteiger partial charge in [0.15, 0.2) is 0 Å². The van der Waals surface area contributed by atoms with Crippen LogP contribution in [0.1, 0.15) is 33.6 Å². The van der Waals surface area contributed by atoms with E-state index in [9.17, 15) is 8.42 Å². The maximum Gasteiger partial charge on any atom is 0.214 e. The van der Waals surface area contributed by atoms with Gasteiger partial charge < -0.3 is 9.84 Å². The molecule has 0 saturated heterocycles. The first-order valence-corrected chi connectivity index (χ1v) is 7.25. The molecule has 1 atom stereocenters. The van der Waals surface area contributed by atoms with E-state index in [2.05, 4.69) is 4.72 Å². The Morgan fingerprint density at radius 2 is 1.94 bits per heavy atom. The molecule has 0 amide bonds. The standard InChI is InChI=1S/C10H23NO4S/c1-9(2)15-7-8-16(13,14)11-10(3)5-4-6-12/h9-12H,4-8H2,1-3H3. The summed E-state index contributed by atoms with van der Waals surface area (Å²) >= 11 is 0. The molecule has 0 aromatic carbocycles. The minimum Gasteiger partial charge on any atom is -0.396 e. The van der Waals surface area contributed by atoms with Gasteiger partial charge in [0.05, 0.1) is 18.5 Å². The SMILES string of the molecule is CC(CCCO)NS(=O)(=O)CCOC(C)C. The molecule has 0 aliphatic rings. The summed E-state index contributed by atoms with van der Waals surface area (Å²) in [5, 5.41) is 8.62. The maximum atomic E-state index is 11.5. The molecule has 0 heterocycles. The second kappa shape index (κ2) is 8.00. The molecule has 0 fully saturated rings. The lowest BCUT2D eigenvalue weighted by Crippen LogP contribution is -2.35. The second-order valence-electron chi connectivity index (χ2n) is 4.12. The Bertz CT molecular complexity index is 264. The van der Waals surface area contributed by atoms with Gasteiger partial charge in [0.1, 0.15) is 0 Å². The first-order valence-electron chi connectivity index (χ1n) is 5.60. The van der Waals surface area contributed by atoms with Crippen LogP contribution in [0.25, 0.3) is 0 Å². The summed E-state index contributed by atoms with van der Waals surface area (Å²) in [6, 6.07) is -0.142. The number of aliphatic hydroxyl groups is 1. The number of rotatable bonds is 9. The molecule has 0 aliphatic heterocycles. The van der Waals surface area contributed by atoms with Gasteiger partial charge >= 0.3 is 0 Å². The molecule has 2 N–H and O–H groups in total. The molecule has 0 spiro atoms. The molecule has 98 valence electrons. The fourth-order valence-corrected chi connectivity index (χ4v) is 2.38.